The van der Waals surface area contributed by atoms with Crippen LogP contribution < -0.4 is 10.1 Å². The SMILES string of the molecule is CCOc1n[nH]c(NC(=O)Cn2cc([N+](=O)[O-])cn2)n1. The van der Waals surface area contributed by atoms with Gasteiger partial charge in [-0.05, 0) is 6.92 Å². The Morgan fingerprint density at radius 2 is 2.45 bits per heavy atom. The number of nitrogens with zero attached hydrogens (tertiary/aromatic N) is 5. The Morgan fingerprint density at radius 3 is 3.10 bits per heavy atom. The van der Waals surface area contributed by atoms with E-state index in [0.717, 1.165) is 17.1 Å². The molecule has 0 unspecified atom stereocenters. The number of rotatable bonds is 6. The zero-order valence-corrected chi connectivity index (χ0v) is 10.4. The molecule has 0 aliphatic heterocycles. The van der Waals surface area contributed by atoms with E-state index in [1.54, 1.807) is 6.92 Å². The van der Waals surface area contributed by atoms with E-state index < -0.39 is 10.8 Å². The van der Waals surface area contributed by atoms with Crippen LogP contribution in [0, 0.1) is 10.1 Å². The summed E-state index contributed by atoms with van der Waals surface area (Å²) in [6, 6.07) is 0.123. The van der Waals surface area contributed by atoms with E-state index in [1.165, 1.54) is 0 Å². The van der Waals surface area contributed by atoms with E-state index in [4.69, 9.17) is 4.74 Å². The van der Waals surface area contributed by atoms with Crippen molar-refractivity contribution in [2.45, 2.75) is 13.5 Å². The zero-order chi connectivity index (χ0) is 14.5. The lowest BCUT2D eigenvalue weighted by molar-refractivity contribution is -0.385. The number of carbonyl (C=O) groups is 1. The van der Waals surface area contributed by atoms with Crippen molar-refractivity contribution >= 4 is 17.5 Å². The van der Waals surface area contributed by atoms with Crippen molar-refractivity contribution in [1.82, 2.24) is 25.0 Å². The molecule has 0 saturated carbocycles. The molecule has 11 heteroatoms. The molecular formula is C9H11N7O4. The van der Waals surface area contributed by atoms with E-state index in [1.807, 2.05) is 0 Å². The third kappa shape index (κ3) is 3.28. The number of nitrogens with one attached hydrogen (secondary N) is 2. The molecule has 2 N–H and O–H groups in total. The number of ether oxygens (including phenoxy) is 1. The first-order valence-corrected chi connectivity index (χ1v) is 5.60. The molecule has 0 aromatic carbocycles. The van der Waals surface area contributed by atoms with Gasteiger partial charge in [-0.1, -0.05) is 0 Å². The van der Waals surface area contributed by atoms with Gasteiger partial charge >= 0.3 is 11.7 Å². The molecule has 2 heterocycles. The summed E-state index contributed by atoms with van der Waals surface area (Å²) in [5.74, 6) is -0.331. The van der Waals surface area contributed by atoms with Gasteiger partial charge in [-0.2, -0.15) is 10.1 Å². The predicted octanol–water partition coefficient (Wildman–Crippen LogP) is -0.0532. The van der Waals surface area contributed by atoms with Crippen LogP contribution in [-0.2, 0) is 11.3 Å². The van der Waals surface area contributed by atoms with Crippen LogP contribution in [0.4, 0.5) is 11.6 Å². The van der Waals surface area contributed by atoms with Gasteiger partial charge in [0, 0.05) is 0 Å². The summed E-state index contributed by atoms with van der Waals surface area (Å²) < 4.78 is 6.16. The molecule has 0 fully saturated rings. The van der Waals surface area contributed by atoms with Crippen LogP contribution in [0.5, 0.6) is 6.01 Å². The summed E-state index contributed by atoms with van der Waals surface area (Å²) in [6.45, 7) is 2.00. The molecule has 0 spiro atoms. The maximum atomic E-state index is 11.7. The molecular weight excluding hydrogens is 270 g/mol. The Hall–Kier alpha value is -2.98. The van der Waals surface area contributed by atoms with Gasteiger partial charge in [0.1, 0.15) is 18.9 Å². The molecule has 1 amide bonds. The quantitative estimate of drug-likeness (QED) is 0.558. The second-order valence-electron chi connectivity index (χ2n) is 3.60. The van der Waals surface area contributed by atoms with Crippen LogP contribution in [0.15, 0.2) is 12.4 Å². The van der Waals surface area contributed by atoms with Crippen molar-refractivity contribution in [3.63, 3.8) is 0 Å². The molecule has 0 aliphatic carbocycles. The Bertz CT molecular complexity index is 619. The molecule has 0 aliphatic rings. The van der Waals surface area contributed by atoms with Gasteiger partial charge in [-0.15, -0.1) is 5.10 Å². The molecule has 0 radical (unpaired) electrons. The summed E-state index contributed by atoms with van der Waals surface area (Å²) in [4.78, 5) is 25.4. The third-order valence-corrected chi connectivity index (χ3v) is 2.13. The lowest BCUT2D eigenvalue weighted by atomic mass is 10.5. The van der Waals surface area contributed by atoms with Gasteiger partial charge in [0.05, 0.1) is 11.5 Å². The number of amides is 1. The first-order valence-electron chi connectivity index (χ1n) is 5.60. The number of hydrogen-bond donors (Lipinski definition) is 2. The van der Waals surface area contributed by atoms with Crippen LogP contribution in [0.1, 0.15) is 6.92 Å². The van der Waals surface area contributed by atoms with Crippen molar-refractivity contribution < 1.29 is 14.5 Å². The molecule has 0 bridgehead atoms. The van der Waals surface area contributed by atoms with Gasteiger partial charge in [0.25, 0.3) is 0 Å². The molecule has 106 valence electrons. The van der Waals surface area contributed by atoms with Gasteiger partial charge in [-0.3, -0.25) is 24.9 Å². The highest BCUT2D eigenvalue weighted by molar-refractivity contribution is 5.88. The van der Waals surface area contributed by atoms with Crippen molar-refractivity contribution in [1.29, 1.82) is 0 Å². The second-order valence-corrected chi connectivity index (χ2v) is 3.60. The van der Waals surface area contributed by atoms with Crippen molar-refractivity contribution in [2.24, 2.45) is 0 Å². The molecule has 2 aromatic rings. The maximum Gasteiger partial charge on any atom is 0.337 e. The third-order valence-electron chi connectivity index (χ3n) is 2.13. The fourth-order valence-corrected chi connectivity index (χ4v) is 1.35. The van der Waals surface area contributed by atoms with E-state index in [2.05, 4.69) is 25.6 Å². The highest BCUT2D eigenvalue weighted by Gasteiger charge is 2.12. The number of aromatic amines is 1. The molecule has 0 saturated heterocycles. The van der Waals surface area contributed by atoms with Crippen LogP contribution in [0.25, 0.3) is 0 Å². The average Bonchev–Trinajstić information content (AvgIpc) is 2.99. The molecule has 20 heavy (non-hydrogen) atoms. The highest BCUT2D eigenvalue weighted by atomic mass is 16.6. The van der Waals surface area contributed by atoms with Gasteiger partial charge in [-0.25, -0.2) is 5.10 Å². The van der Waals surface area contributed by atoms with E-state index >= 15 is 0 Å². The first-order chi connectivity index (χ1) is 9.58. The number of carbonyl (C=O) groups excluding carboxylic acids is 1. The minimum absolute atomic E-state index is 0.123. The number of nitro groups is 1. The standard InChI is InChI=1S/C9H11N7O4/c1-2-20-9-12-8(13-14-9)11-7(17)5-15-4-6(3-10-15)16(18)19/h3-4H,2,5H2,1H3,(H2,11,12,13,14,17). The topological polar surface area (TPSA) is 141 Å². The largest absolute Gasteiger partial charge is 0.463 e. The van der Waals surface area contributed by atoms with E-state index in [-0.39, 0.29) is 24.2 Å². The fourth-order valence-electron chi connectivity index (χ4n) is 1.35. The van der Waals surface area contributed by atoms with Gasteiger partial charge < -0.3 is 4.74 Å². The van der Waals surface area contributed by atoms with Crippen molar-refractivity contribution in [3.05, 3.63) is 22.5 Å². The van der Waals surface area contributed by atoms with Crippen LogP contribution in [0.3, 0.4) is 0 Å². The van der Waals surface area contributed by atoms with Crippen LogP contribution in [-0.4, -0.2) is 42.4 Å². The van der Waals surface area contributed by atoms with Gasteiger partial charge in [0.15, 0.2) is 0 Å². The lowest BCUT2D eigenvalue weighted by Crippen LogP contribution is -2.19. The summed E-state index contributed by atoms with van der Waals surface area (Å²) in [6.07, 6.45) is 2.22. The monoisotopic (exact) mass is 281 g/mol. The number of aromatic nitrogens is 5. The summed E-state index contributed by atoms with van der Waals surface area (Å²) in [7, 11) is 0. The zero-order valence-electron chi connectivity index (χ0n) is 10.4. The predicted molar refractivity (Wildman–Crippen MR) is 65.1 cm³/mol. The Labute approximate surface area is 112 Å². The Morgan fingerprint density at radius 1 is 1.65 bits per heavy atom. The number of hydrogen-bond acceptors (Lipinski definition) is 7. The Balaban J connectivity index is 1.92. The smallest absolute Gasteiger partial charge is 0.337 e. The first kappa shape index (κ1) is 13.5. The molecule has 2 aromatic heterocycles. The molecule has 11 nitrogen and oxygen atoms in total. The average molecular weight is 281 g/mol. The summed E-state index contributed by atoms with van der Waals surface area (Å²) in [5.41, 5.74) is -0.184. The van der Waals surface area contributed by atoms with Crippen molar-refractivity contribution in [2.75, 3.05) is 11.9 Å². The molecule has 2 rings (SSSR count). The minimum Gasteiger partial charge on any atom is -0.463 e. The Kier molecular flexibility index (Phi) is 3.88. The summed E-state index contributed by atoms with van der Waals surface area (Å²) >= 11 is 0. The molecule has 0 atom stereocenters. The lowest BCUT2D eigenvalue weighted by Gasteiger charge is -2.00. The number of anilines is 1. The van der Waals surface area contributed by atoms with E-state index in [0.29, 0.717) is 6.61 Å². The number of H-pyrrole nitrogens is 1. The van der Waals surface area contributed by atoms with Crippen LogP contribution in [0.2, 0.25) is 0 Å². The fraction of sp³-hybridized carbons (Fsp3) is 0.333. The maximum absolute atomic E-state index is 11.7. The van der Waals surface area contributed by atoms with Gasteiger partial charge in [0.2, 0.25) is 11.9 Å². The highest BCUT2D eigenvalue weighted by Crippen LogP contribution is 2.08. The van der Waals surface area contributed by atoms with Crippen LogP contribution >= 0.6 is 0 Å². The minimum atomic E-state index is -0.591. The van der Waals surface area contributed by atoms with Crippen molar-refractivity contribution in [3.8, 4) is 6.01 Å². The summed E-state index contributed by atoms with van der Waals surface area (Å²) in [5, 5.41) is 22.8. The van der Waals surface area contributed by atoms with E-state index in [9.17, 15) is 14.9 Å². The second kappa shape index (κ2) is 5.77. The normalized spacial score (nSPS) is 10.2.